The largest absolute Gasteiger partial charge is 0.370 e. The highest BCUT2D eigenvalue weighted by molar-refractivity contribution is 5.33. The van der Waals surface area contributed by atoms with Gasteiger partial charge in [0.15, 0.2) is 0 Å². The molecule has 1 fully saturated rings. The number of nitrogens with zero attached hydrogens (tertiary/aromatic N) is 1. The van der Waals surface area contributed by atoms with Crippen LogP contribution in [0.15, 0.2) is 18.3 Å². The van der Waals surface area contributed by atoms with Crippen LogP contribution in [0.5, 0.6) is 0 Å². The van der Waals surface area contributed by atoms with E-state index in [2.05, 4.69) is 10.3 Å². The number of hydrogen-bond acceptors (Lipinski definition) is 2. The summed E-state index contributed by atoms with van der Waals surface area (Å²) in [4.78, 5) is 3.97. The zero-order valence-electron chi connectivity index (χ0n) is 9.58. The first-order valence-electron chi connectivity index (χ1n) is 6.20. The van der Waals surface area contributed by atoms with Crippen LogP contribution in [0.4, 0.5) is 10.2 Å². The SMILES string of the molecule is Fc1ccc(NCCC2CCCCC2)nc1. The minimum Gasteiger partial charge on any atom is -0.370 e. The molecule has 0 atom stereocenters. The molecule has 1 N–H and O–H groups in total. The quantitative estimate of drug-likeness (QED) is 0.841. The van der Waals surface area contributed by atoms with E-state index in [4.69, 9.17) is 0 Å². The fourth-order valence-electron chi connectivity index (χ4n) is 2.36. The summed E-state index contributed by atoms with van der Waals surface area (Å²) >= 11 is 0. The van der Waals surface area contributed by atoms with E-state index in [-0.39, 0.29) is 5.82 Å². The molecule has 0 aromatic carbocycles. The minimum atomic E-state index is -0.280. The third-order valence-corrected chi connectivity index (χ3v) is 3.31. The van der Waals surface area contributed by atoms with Crippen LogP contribution in [0.25, 0.3) is 0 Å². The monoisotopic (exact) mass is 222 g/mol. The molecule has 0 unspecified atom stereocenters. The number of rotatable bonds is 4. The average molecular weight is 222 g/mol. The molecule has 0 aliphatic heterocycles. The van der Waals surface area contributed by atoms with E-state index >= 15 is 0 Å². The highest BCUT2D eigenvalue weighted by atomic mass is 19.1. The van der Waals surface area contributed by atoms with Gasteiger partial charge in [0.2, 0.25) is 0 Å². The molecule has 2 nitrogen and oxygen atoms in total. The molecule has 0 radical (unpaired) electrons. The Bertz CT molecular complexity index is 304. The van der Waals surface area contributed by atoms with Crippen molar-refractivity contribution in [3.05, 3.63) is 24.1 Å². The van der Waals surface area contributed by atoms with Gasteiger partial charge in [-0.15, -0.1) is 0 Å². The van der Waals surface area contributed by atoms with Crippen molar-refractivity contribution in [3.63, 3.8) is 0 Å². The van der Waals surface area contributed by atoms with Crippen LogP contribution in [-0.4, -0.2) is 11.5 Å². The molecular formula is C13H19FN2. The third kappa shape index (κ3) is 3.47. The van der Waals surface area contributed by atoms with Crippen LogP contribution in [0.1, 0.15) is 38.5 Å². The highest BCUT2D eigenvalue weighted by Gasteiger charge is 2.12. The number of hydrogen-bond donors (Lipinski definition) is 1. The molecule has 88 valence electrons. The Kier molecular flexibility index (Phi) is 4.14. The average Bonchev–Trinajstić information content (AvgIpc) is 2.33. The van der Waals surface area contributed by atoms with Gasteiger partial charge in [0.1, 0.15) is 11.6 Å². The van der Waals surface area contributed by atoms with Crippen LogP contribution in [0.3, 0.4) is 0 Å². The Hall–Kier alpha value is -1.12. The summed E-state index contributed by atoms with van der Waals surface area (Å²) < 4.78 is 12.6. The maximum absolute atomic E-state index is 12.6. The molecule has 0 saturated heterocycles. The zero-order valence-corrected chi connectivity index (χ0v) is 9.58. The number of halogens is 1. The first-order chi connectivity index (χ1) is 7.84. The second kappa shape index (κ2) is 5.83. The van der Waals surface area contributed by atoms with Gasteiger partial charge < -0.3 is 5.32 Å². The normalized spacial score (nSPS) is 17.3. The number of aromatic nitrogens is 1. The summed E-state index contributed by atoms with van der Waals surface area (Å²) in [5.41, 5.74) is 0. The molecule has 3 heteroatoms. The van der Waals surface area contributed by atoms with Crippen molar-refractivity contribution in [2.24, 2.45) is 5.92 Å². The van der Waals surface area contributed by atoms with Crippen molar-refractivity contribution in [1.29, 1.82) is 0 Å². The molecule has 1 saturated carbocycles. The lowest BCUT2D eigenvalue weighted by Gasteiger charge is -2.21. The van der Waals surface area contributed by atoms with Gasteiger partial charge in [0.25, 0.3) is 0 Å². The Morgan fingerprint density at radius 1 is 1.25 bits per heavy atom. The maximum atomic E-state index is 12.6. The molecule has 16 heavy (non-hydrogen) atoms. The lowest BCUT2D eigenvalue weighted by Crippen LogP contribution is -2.12. The van der Waals surface area contributed by atoms with E-state index in [0.29, 0.717) is 0 Å². The number of anilines is 1. The third-order valence-electron chi connectivity index (χ3n) is 3.31. The molecular weight excluding hydrogens is 203 g/mol. The number of pyridine rings is 1. The predicted octanol–water partition coefficient (Wildman–Crippen LogP) is 3.60. The Morgan fingerprint density at radius 2 is 2.06 bits per heavy atom. The van der Waals surface area contributed by atoms with E-state index in [1.54, 1.807) is 6.07 Å². The Morgan fingerprint density at radius 3 is 2.75 bits per heavy atom. The molecule has 1 aromatic heterocycles. The first-order valence-corrected chi connectivity index (χ1v) is 6.20. The van der Waals surface area contributed by atoms with Gasteiger partial charge in [0, 0.05) is 6.54 Å². The molecule has 0 bridgehead atoms. The Labute approximate surface area is 96.3 Å². The highest BCUT2D eigenvalue weighted by Crippen LogP contribution is 2.26. The van der Waals surface area contributed by atoms with E-state index in [1.807, 2.05) is 0 Å². The van der Waals surface area contributed by atoms with Crippen LogP contribution < -0.4 is 5.32 Å². The lowest BCUT2D eigenvalue weighted by atomic mass is 9.87. The molecule has 1 aromatic rings. The van der Waals surface area contributed by atoms with Crippen LogP contribution in [0, 0.1) is 11.7 Å². The van der Waals surface area contributed by atoms with E-state index in [0.717, 1.165) is 18.3 Å². The summed E-state index contributed by atoms with van der Waals surface area (Å²) in [5.74, 6) is 1.37. The first kappa shape index (κ1) is 11.4. The summed E-state index contributed by atoms with van der Waals surface area (Å²) in [6.45, 7) is 0.948. The fraction of sp³-hybridized carbons (Fsp3) is 0.615. The summed E-state index contributed by atoms with van der Waals surface area (Å²) in [5, 5.41) is 3.24. The second-order valence-electron chi connectivity index (χ2n) is 4.58. The molecule has 2 rings (SSSR count). The van der Waals surface area contributed by atoms with Crippen LogP contribution in [0.2, 0.25) is 0 Å². The van der Waals surface area contributed by atoms with Gasteiger partial charge >= 0.3 is 0 Å². The van der Waals surface area contributed by atoms with Gasteiger partial charge in [-0.2, -0.15) is 0 Å². The lowest BCUT2D eigenvalue weighted by molar-refractivity contribution is 0.345. The molecule has 1 aliphatic rings. The van der Waals surface area contributed by atoms with Crippen molar-refractivity contribution < 1.29 is 4.39 Å². The van der Waals surface area contributed by atoms with Gasteiger partial charge in [-0.05, 0) is 24.5 Å². The fourth-order valence-corrected chi connectivity index (χ4v) is 2.36. The number of nitrogens with one attached hydrogen (secondary N) is 1. The molecule has 1 aliphatic carbocycles. The second-order valence-corrected chi connectivity index (χ2v) is 4.58. The van der Waals surface area contributed by atoms with Crippen molar-refractivity contribution in [2.75, 3.05) is 11.9 Å². The predicted molar refractivity (Wildman–Crippen MR) is 63.9 cm³/mol. The summed E-state index contributed by atoms with van der Waals surface area (Å²) in [6, 6.07) is 3.13. The van der Waals surface area contributed by atoms with E-state index in [1.165, 1.54) is 50.8 Å². The topological polar surface area (TPSA) is 24.9 Å². The van der Waals surface area contributed by atoms with Crippen LogP contribution in [-0.2, 0) is 0 Å². The van der Waals surface area contributed by atoms with Crippen molar-refractivity contribution >= 4 is 5.82 Å². The zero-order chi connectivity index (χ0) is 11.2. The molecule has 0 amide bonds. The molecule has 1 heterocycles. The van der Waals surface area contributed by atoms with Crippen LogP contribution >= 0.6 is 0 Å². The van der Waals surface area contributed by atoms with E-state index in [9.17, 15) is 4.39 Å². The van der Waals surface area contributed by atoms with Crippen molar-refractivity contribution in [3.8, 4) is 0 Å². The van der Waals surface area contributed by atoms with E-state index < -0.39 is 0 Å². The van der Waals surface area contributed by atoms with Gasteiger partial charge in [-0.25, -0.2) is 9.37 Å². The maximum Gasteiger partial charge on any atom is 0.141 e. The van der Waals surface area contributed by atoms with Gasteiger partial charge in [0.05, 0.1) is 6.20 Å². The Balaban J connectivity index is 1.69. The smallest absolute Gasteiger partial charge is 0.141 e. The standard InChI is InChI=1S/C13H19FN2/c14-12-6-7-13(16-10-12)15-9-8-11-4-2-1-3-5-11/h6-7,10-11H,1-5,8-9H2,(H,15,16). The summed E-state index contributed by atoms with van der Waals surface area (Å²) in [7, 11) is 0. The minimum absolute atomic E-state index is 0.280. The van der Waals surface area contributed by atoms with Crippen molar-refractivity contribution in [2.45, 2.75) is 38.5 Å². The van der Waals surface area contributed by atoms with Gasteiger partial charge in [-0.3, -0.25) is 0 Å². The van der Waals surface area contributed by atoms with Gasteiger partial charge in [-0.1, -0.05) is 32.1 Å². The van der Waals surface area contributed by atoms with Crippen molar-refractivity contribution in [1.82, 2.24) is 4.98 Å². The molecule has 0 spiro atoms. The summed E-state index contributed by atoms with van der Waals surface area (Å²) in [6.07, 6.45) is 9.39.